The molecule has 2 atom stereocenters. The fourth-order valence-corrected chi connectivity index (χ4v) is 7.18. The van der Waals surface area contributed by atoms with E-state index in [0.717, 1.165) is 26.8 Å². The minimum atomic E-state index is -1.07. The highest BCUT2D eigenvalue weighted by molar-refractivity contribution is 6.00. The quantitative estimate of drug-likeness (QED) is 0.227. The lowest BCUT2D eigenvalue weighted by Gasteiger charge is -2.18. The number of carbonyl (C=O) groups is 5. The van der Waals surface area contributed by atoms with Crippen LogP contribution in [0.15, 0.2) is 153 Å². The Labute approximate surface area is 344 Å². The number of aromatic carboxylic acids is 1. The second kappa shape index (κ2) is 17.4. The first kappa shape index (κ1) is 41.1. The number of carbonyl (C=O) groups excluding carboxylic acids is 4. The van der Waals surface area contributed by atoms with Crippen molar-refractivity contribution < 1.29 is 34.2 Å². The van der Waals surface area contributed by atoms with Crippen LogP contribution in [-0.2, 0) is 16.2 Å². The van der Waals surface area contributed by atoms with E-state index >= 15 is 0 Å². The summed E-state index contributed by atoms with van der Waals surface area (Å²) in [6, 6.07) is 29.2. The fourth-order valence-electron chi connectivity index (χ4n) is 7.18. The van der Waals surface area contributed by atoms with Gasteiger partial charge in [0.05, 0.1) is 12.2 Å². The van der Waals surface area contributed by atoms with Crippen molar-refractivity contribution in [1.82, 2.24) is 18.3 Å². The molecule has 2 fully saturated rings. The van der Waals surface area contributed by atoms with Gasteiger partial charge in [0.15, 0.2) is 0 Å². The van der Waals surface area contributed by atoms with Crippen LogP contribution in [0.2, 0.25) is 0 Å². The fraction of sp³-hybridized carbons (Fsp3) is 0.159. The highest BCUT2D eigenvalue weighted by Crippen LogP contribution is 2.29. The second-order valence-corrected chi connectivity index (χ2v) is 14.0. The number of amides is 2. The summed E-state index contributed by atoms with van der Waals surface area (Å²) >= 11 is 0. The van der Waals surface area contributed by atoms with E-state index in [0.29, 0.717) is 40.0 Å². The van der Waals surface area contributed by atoms with E-state index < -0.39 is 52.4 Å². The molecule has 4 heterocycles. The van der Waals surface area contributed by atoms with Crippen LogP contribution in [-0.4, -0.2) is 71.2 Å². The Morgan fingerprint density at radius 2 is 0.902 bits per heavy atom. The Balaban J connectivity index is 0.000000184. The van der Waals surface area contributed by atoms with Gasteiger partial charge in [0.25, 0.3) is 22.9 Å². The maximum absolute atomic E-state index is 13.0. The molecule has 0 radical (unpaired) electrons. The normalized spacial score (nSPS) is 16.0. The van der Waals surface area contributed by atoms with Gasteiger partial charge in [-0.05, 0) is 79.1 Å². The molecule has 0 spiro atoms. The first-order chi connectivity index (χ1) is 29.4. The molecule has 8 rings (SSSR count). The summed E-state index contributed by atoms with van der Waals surface area (Å²) in [5.74, 6) is -3.26. The number of anilines is 2. The molecule has 2 aliphatic rings. The molecule has 2 amide bonds. The van der Waals surface area contributed by atoms with Crippen molar-refractivity contribution in [3.05, 3.63) is 198 Å². The molecule has 2 saturated heterocycles. The Kier molecular flexibility index (Phi) is 11.8. The van der Waals surface area contributed by atoms with Gasteiger partial charge in [0, 0.05) is 60.1 Å². The summed E-state index contributed by atoms with van der Waals surface area (Å²) in [5.41, 5.74) is -0.890. The molecule has 2 unspecified atom stereocenters. The highest BCUT2D eigenvalue weighted by Gasteiger charge is 2.36. The number of hydrogen-bond acceptors (Lipinski definition) is 10. The maximum Gasteiger partial charge on any atom is 0.338 e. The third-order valence-electron chi connectivity index (χ3n) is 10.4. The molecule has 17 heteroatoms. The van der Waals surface area contributed by atoms with E-state index in [4.69, 9.17) is 10.2 Å². The number of aliphatic hydroxyl groups excluding tert-OH is 1. The lowest BCUT2D eigenvalue weighted by Crippen LogP contribution is -2.45. The Hall–Kier alpha value is -8.05. The van der Waals surface area contributed by atoms with Crippen LogP contribution in [0.25, 0.3) is 0 Å². The van der Waals surface area contributed by atoms with E-state index in [1.54, 1.807) is 65.6 Å². The predicted octanol–water partition coefficient (Wildman–Crippen LogP) is 2.54. The van der Waals surface area contributed by atoms with Crippen LogP contribution >= 0.6 is 0 Å². The van der Waals surface area contributed by atoms with Crippen molar-refractivity contribution in [2.24, 2.45) is 0 Å². The number of carboxylic acids is 1. The minimum Gasteiger partial charge on any atom is -0.478 e. The molecule has 0 aliphatic carbocycles. The summed E-state index contributed by atoms with van der Waals surface area (Å²) in [7, 11) is 0. The smallest absolute Gasteiger partial charge is 0.338 e. The van der Waals surface area contributed by atoms with Gasteiger partial charge < -0.3 is 20.0 Å². The zero-order chi connectivity index (χ0) is 43.4. The van der Waals surface area contributed by atoms with Crippen LogP contribution in [0.5, 0.6) is 0 Å². The summed E-state index contributed by atoms with van der Waals surface area (Å²) in [6.07, 6.45) is 3.13. The standard InChI is InChI=1S/C22H17N3O6.C22H19N3O5/c26-18-11-13-24(22(31)25(18)19(27)14-4-2-1-3-5-14)17-10-12-23(20(17)28)16-8-6-15(7-9-16)21(29)30;26-14-15-6-8-17(9-7-15)23-12-10-18(21(23)29)24-13-11-19(27)25(22(24)30)20(28)16-4-2-1-3-5-16/h1-9,11,13,17H,10,12H2,(H,29,30);1-9,11,13,18,26H,10,12,14H2. The molecule has 0 bridgehead atoms. The van der Waals surface area contributed by atoms with Gasteiger partial charge in [-0.1, -0.05) is 48.5 Å². The van der Waals surface area contributed by atoms with Crippen molar-refractivity contribution >= 4 is 41.0 Å². The van der Waals surface area contributed by atoms with E-state index in [2.05, 4.69) is 0 Å². The van der Waals surface area contributed by atoms with E-state index in [1.807, 2.05) is 0 Å². The summed E-state index contributed by atoms with van der Waals surface area (Å²) in [5, 5.41) is 18.2. The molecule has 308 valence electrons. The zero-order valence-corrected chi connectivity index (χ0v) is 32.1. The number of hydrogen-bond donors (Lipinski definition) is 2. The molecule has 2 N–H and O–H groups in total. The topological polar surface area (TPSA) is 220 Å². The van der Waals surface area contributed by atoms with Gasteiger partial charge in [0.1, 0.15) is 12.1 Å². The van der Waals surface area contributed by atoms with Gasteiger partial charge in [-0.15, -0.1) is 0 Å². The number of benzene rings is 4. The first-order valence-corrected chi connectivity index (χ1v) is 18.9. The Bertz CT molecular complexity index is 2900. The summed E-state index contributed by atoms with van der Waals surface area (Å²) in [6.45, 7) is 0.595. The second-order valence-electron chi connectivity index (χ2n) is 14.0. The maximum atomic E-state index is 13.0. The molecular weight excluding hydrogens is 789 g/mol. The third kappa shape index (κ3) is 8.17. The average Bonchev–Trinajstić information content (AvgIpc) is 3.86. The summed E-state index contributed by atoms with van der Waals surface area (Å²) in [4.78, 5) is 116. The van der Waals surface area contributed by atoms with Gasteiger partial charge in [-0.2, -0.15) is 9.13 Å². The number of rotatable bonds is 8. The predicted molar refractivity (Wildman–Crippen MR) is 220 cm³/mol. The highest BCUT2D eigenvalue weighted by atomic mass is 16.4. The van der Waals surface area contributed by atoms with Crippen LogP contribution in [0.3, 0.4) is 0 Å². The van der Waals surface area contributed by atoms with Crippen molar-refractivity contribution in [2.75, 3.05) is 22.9 Å². The number of aliphatic hydroxyl groups is 1. The summed E-state index contributed by atoms with van der Waals surface area (Å²) < 4.78 is 3.32. The Morgan fingerprint density at radius 3 is 1.28 bits per heavy atom. The van der Waals surface area contributed by atoms with Gasteiger partial charge >= 0.3 is 17.3 Å². The van der Waals surface area contributed by atoms with E-state index in [1.165, 1.54) is 65.8 Å². The van der Waals surface area contributed by atoms with Crippen LogP contribution in [0.1, 0.15) is 61.6 Å². The lowest BCUT2D eigenvalue weighted by molar-refractivity contribution is -0.120. The van der Waals surface area contributed by atoms with Crippen molar-refractivity contribution in [1.29, 1.82) is 0 Å². The molecule has 61 heavy (non-hydrogen) atoms. The largest absolute Gasteiger partial charge is 0.478 e. The molecule has 4 aromatic carbocycles. The van der Waals surface area contributed by atoms with Crippen LogP contribution in [0, 0.1) is 0 Å². The van der Waals surface area contributed by atoms with Crippen LogP contribution in [0.4, 0.5) is 11.4 Å². The number of carboxylic acid groups (broad SMARTS) is 1. The van der Waals surface area contributed by atoms with Gasteiger partial charge in [-0.3, -0.25) is 37.9 Å². The van der Waals surface area contributed by atoms with E-state index in [-0.39, 0.29) is 41.5 Å². The molecule has 2 aliphatic heterocycles. The first-order valence-electron chi connectivity index (χ1n) is 18.9. The molecular formula is C44H36N6O11. The Morgan fingerprint density at radius 1 is 0.508 bits per heavy atom. The molecule has 0 saturated carbocycles. The lowest BCUT2D eigenvalue weighted by atomic mass is 10.2. The van der Waals surface area contributed by atoms with Crippen molar-refractivity contribution in [3.8, 4) is 0 Å². The van der Waals surface area contributed by atoms with Crippen molar-refractivity contribution in [2.45, 2.75) is 31.5 Å². The third-order valence-corrected chi connectivity index (χ3v) is 10.4. The number of nitrogens with zero attached hydrogens (tertiary/aromatic N) is 6. The SMILES string of the molecule is O=C(O)c1ccc(N2CCC(n3ccc(=O)n(C(=O)c4ccccc4)c3=O)C2=O)cc1.O=C1C(n2ccc(=O)n(C(=O)c3ccccc3)c2=O)CCN1c1ccc(CO)cc1. The monoisotopic (exact) mass is 824 g/mol. The van der Waals surface area contributed by atoms with E-state index in [9.17, 15) is 43.2 Å². The number of aromatic nitrogens is 4. The van der Waals surface area contributed by atoms with Crippen LogP contribution < -0.4 is 32.3 Å². The average molecular weight is 825 g/mol. The van der Waals surface area contributed by atoms with Gasteiger partial charge in [-0.25, -0.2) is 14.4 Å². The van der Waals surface area contributed by atoms with Gasteiger partial charge in [0.2, 0.25) is 11.8 Å². The van der Waals surface area contributed by atoms with Crippen molar-refractivity contribution in [3.63, 3.8) is 0 Å². The molecule has 6 aromatic rings. The molecule has 2 aromatic heterocycles. The minimum absolute atomic E-state index is 0.0923. The molecule has 17 nitrogen and oxygen atoms in total. The zero-order valence-electron chi connectivity index (χ0n) is 32.1.